The predicted molar refractivity (Wildman–Crippen MR) is 82.9 cm³/mol. The van der Waals surface area contributed by atoms with Gasteiger partial charge in [0.15, 0.2) is 0 Å². The summed E-state index contributed by atoms with van der Waals surface area (Å²) in [4.78, 5) is 11.7. The highest BCUT2D eigenvalue weighted by Gasteiger charge is 2.36. The Morgan fingerprint density at radius 2 is 2.12 bits per heavy atom. The number of aromatic nitrogens is 2. The van der Waals surface area contributed by atoms with Gasteiger partial charge in [0, 0.05) is 18.4 Å². The van der Waals surface area contributed by atoms with Crippen molar-refractivity contribution < 1.29 is 26.5 Å². The third-order valence-electron chi connectivity index (χ3n) is 4.55. The molecular formula is C13H21N5O6S. The lowest BCUT2D eigenvalue weighted by Crippen LogP contribution is -2.35. The van der Waals surface area contributed by atoms with Gasteiger partial charge in [0.25, 0.3) is 0 Å². The van der Waals surface area contributed by atoms with E-state index in [9.17, 15) is 13.2 Å². The second-order valence-electron chi connectivity index (χ2n) is 6.51. The van der Waals surface area contributed by atoms with E-state index in [-0.39, 0.29) is 18.4 Å². The fourth-order valence-electron chi connectivity index (χ4n) is 3.11. The van der Waals surface area contributed by atoms with Crippen LogP contribution >= 0.6 is 0 Å². The van der Waals surface area contributed by atoms with Crippen molar-refractivity contribution in [1.29, 1.82) is 0 Å². The van der Waals surface area contributed by atoms with Crippen LogP contribution in [0.25, 0.3) is 0 Å². The predicted octanol–water partition coefficient (Wildman–Crippen LogP) is -0.220. The number of amides is 1. The molecule has 0 spiro atoms. The van der Waals surface area contributed by atoms with Gasteiger partial charge in [0.1, 0.15) is 0 Å². The van der Waals surface area contributed by atoms with Crippen molar-refractivity contribution >= 4 is 16.3 Å². The summed E-state index contributed by atoms with van der Waals surface area (Å²) >= 11 is 0. The maximum absolute atomic E-state index is 11.7. The van der Waals surface area contributed by atoms with Gasteiger partial charge in [-0.3, -0.25) is 9.35 Å². The van der Waals surface area contributed by atoms with Gasteiger partial charge in [0.05, 0.1) is 12.1 Å². The zero-order valence-electron chi connectivity index (χ0n) is 13.4. The summed E-state index contributed by atoms with van der Waals surface area (Å²) in [6.07, 6.45) is 2.92. The van der Waals surface area contributed by atoms with Crippen LogP contribution < -0.4 is 11.5 Å². The quantitative estimate of drug-likeness (QED) is 0.540. The van der Waals surface area contributed by atoms with Crippen molar-refractivity contribution in [3.63, 3.8) is 0 Å². The lowest BCUT2D eigenvalue weighted by Gasteiger charge is -2.29. The molecular weight excluding hydrogens is 354 g/mol. The highest BCUT2D eigenvalue weighted by Crippen LogP contribution is 2.35. The molecule has 0 aromatic carbocycles. The normalized spacial score (nSPS) is 28.2. The minimum atomic E-state index is -4.75. The van der Waals surface area contributed by atoms with E-state index in [0.717, 1.165) is 12.8 Å². The monoisotopic (exact) mass is 375 g/mol. The number of carbonyl (C=O) groups excluding carboxylic acids is 1. The molecule has 1 saturated carbocycles. The molecule has 0 radical (unpaired) electrons. The van der Waals surface area contributed by atoms with Gasteiger partial charge in [-0.2, -0.15) is 13.5 Å². The topological polar surface area (TPSA) is 175 Å². The number of nitrogens with two attached hydrogens (primary N) is 2. The number of hydroxylamine groups is 2. The maximum atomic E-state index is 11.7. The average Bonchev–Trinajstić information content (AvgIpc) is 3.09. The molecule has 12 heteroatoms. The maximum Gasteiger partial charge on any atom is 0.418 e. The van der Waals surface area contributed by atoms with Crippen molar-refractivity contribution in [3.8, 4) is 0 Å². The molecule has 11 nitrogen and oxygen atoms in total. The molecule has 1 aromatic heterocycles. The van der Waals surface area contributed by atoms with E-state index in [2.05, 4.69) is 14.5 Å². The van der Waals surface area contributed by atoms with Crippen LogP contribution in [0, 0.1) is 0 Å². The lowest BCUT2D eigenvalue weighted by atomic mass is 9.81. The molecule has 2 heterocycles. The van der Waals surface area contributed by atoms with Gasteiger partial charge >= 0.3 is 10.4 Å². The Morgan fingerprint density at radius 3 is 2.76 bits per heavy atom. The molecule has 25 heavy (non-hydrogen) atoms. The Kier molecular flexibility index (Phi) is 5.06. The summed E-state index contributed by atoms with van der Waals surface area (Å²) in [5.41, 5.74) is 11.8. The number of carbonyl (C=O) groups is 1. The first-order valence-corrected chi connectivity index (χ1v) is 9.43. The van der Waals surface area contributed by atoms with Crippen LogP contribution in [0.3, 0.4) is 0 Å². The van der Waals surface area contributed by atoms with Crippen molar-refractivity contribution in [2.24, 2.45) is 11.5 Å². The summed E-state index contributed by atoms with van der Waals surface area (Å²) in [5, 5.41) is 8.64. The fraction of sp³-hybridized carbons (Fsp3) is 0.769. The first-order chi connectivity index (χ1) is 11.7. The van der Waals surface area contributed by atoms with Gasteiger partial charge in [-0.1, -0.05) is 0 Å². The molecule has 2 atom stereocenters. The zero-order valence-corrected chi connectivity index (χ0v) is 14.3. The first-order valence-electron chi connectivity index (χ1n) is 8.06. The molecule has 0 unspecified atom stereocenters. The molecule has 1 aromatic rings. The molecule has 5 N–H and O–H groups in total. The number of hydrogen-bond acceptors (Lipinski definition) is 9. The summed E-state index contributed by atoms with van der Waals surface area (Å²) < 4.78 is 40.4. The molecule has 140 valence electrons. The smallest absolute Gasteiger partial charge is 0.418 e. The molecule has 3 rings (SSSR count). The number of rotatable bonds is 7. The summed E-state index contributed by atoms with van der Waals surface area (Å²) in [5.74, 6) is 0.494. The van der Waals surface area contributed by atoms with Gasteiger partial charge in [-0.15, -0.1) is 14.5 Å². The van der Waals surface area contributed by atoms with Gasteiger partial charge in [0.2, 0.25) is 17.7 Å². The highest BCUT2D eigenvalue weighted by atomic mass is 32.3. The van der Waals surface area contributed by atoms with Crippen molar-refractivity contribution in [3.05, 3.63) is 11.8 Å². The molecule has 1 amide bonds. The van der Waals surface area contributed by atoms with Crippen LogP contribution in [-0.4, -0.2) is 46.2 Å². The fourth-order valence-corrected chi connectivity index (χ4v) is 3.51. The van der Waals surface area contributed by atoms with Crippen LogP contribution in [0.15, 0.2) is 4.42 Å². The van der Waals surface area contributed by atoms with E-state index in [4.69, 9.17) is 20.4 Å². The molecule has 0 bridgehead atoms. The largest absolute Gasteiger partial charge is 0.423 e. The lowest BCUT2D eigenvalue weighted by molar-refractivity contribution is -0.157. The third kappa shape index (κ3) is 4.33. The van der Waals surface area contributed by atoms with Crippen molar-refractivity contribution in [2.75, 3.05) is 0 Å². The van der Waals surface area contributed by atoms with Crippen LogP contribution in [0.4, 0.5) is 0 Å². The van der Waals surface area contributed by atoms with E-state index < -0.39 is 28.4 Å². The molecule has 1 saturated heterocycles. The zero-order chi connectivity index (χ0) is 18.2. The Hall–Kier alpha value is -1.60. The van der Waals surface area contributed by atoms with Gasteiger partial charge in [-0.25, -0.2) is 0 Å². The van der Waals surface area contributed by atoms with Crippen LogP contribution in [-0.2, 0) is 19.5 Å². The summed E-state index contributed by atoms with van der Waals surface area (Å²) in [7, 11) is -4.75. The SMILES string of the molecule is N[C@@H](CC[C@@H]1CCC(=O)N1OS(=O)(=O)O)c1nnc([C@H]2C[C@@H](N)C2)o1. The molecule has 1 aliphatic carbocycles. The average molecular weight is 375 g/mol. The standard InChI is InChI=1S/C13H21N5O6S/c14-8-5-7(6-8)12-16-17-13(23-12)10(15)3-1-9-2-4-11(19)18(9)24-25(20,21)22/h7-10H,1-6,14-15H2,(H,20,21,22)/t7-,8+,9-,10+/m1/s1. The van der Waals surface area contributed by atoms with Crippen molar-refractivity contribution in [2.45, 2.75) is 62.6 Å². The van der Waals surface area contributed by atoms with E-state index in [0.29, 0.717) is 36.1 Å². The van der Waals surface area contributed by atoms with Crippen LogP contribution in [0.2, 0.25) is 0 Å². The Morgan fingerprint density at radius 1 is 1.40 bits per heavy atom. The Bertz CT molecular complexity index is 731. The van der Waals surface area contributed by atoms with Gasteiger partial charge < -0.3 is 15.9 Å². The van der Waals surface area contributed by atoms with Crippen LogP contribution in [0.5, 0.6) is 0 Å². The van der Waals surface area contributed by atoms with E-state index in [1.54, 1.807) is 0 Å². The van der Waals surface area contributed by atoms with Gasteiger partial charge in [-0.05, 0) is 32.1 Å². The summed E-state index contributed by atoms with van der Waals surface area (Å²) in [6.45, 7) is 0. The number of hydrogen-bond donors (Lipinski definition) is 3. The molecule has 2 aliphatic rings. The third-order valence-corrected chi connectivity index (χ3v) is 4.90. The minimum absolute atomic E-state index is 0.141. The van der Waals surface area contributed by atoms with E-state index >= 15 is 0 Å². The number of nitrogens with zero attached hydrogens (tertiary/aromatic N) is 3. The Labute approximate surface area is 144 Å². The molecule has 1 aliphatic heterocycles. The summed E-state index contributed by atoms with van der Waals surface area (Å²) in [6, 6.07) is -0.867. The van der Waals surface area contributed by atoms with Crippen LogP contribution in [0.1, 0.15) is 62.3 Å². The Balaban J connectivity index is 1.54. The van der Waals surface area contributed by atoms with E-state index in [1.165, 1.54) is 0 Å². The molecule has 2 fully saturated rings. The van der Waals surface area contributed by atoms with Crippen molar-refractivity contribution in [1.82, 2.24) is 15.3 Å². The second kappa shape index (κ2) is 6.96. The second-order valence-corrected chi connectivity index (χ2v) is 7.51. The van der Waals surface area contributed by atoms with E-state index in [1.807, 2.05) is 0 Å². The first kappa shape index (κ1) is 18.2. The highest BCUT2D eigenvalue weighted by molar-refractivity contribution is 7.80. The minimum Gasteiger partial charge on any atom is -0.423 e.